The van der Waals surface area contributed by atoms with Crippen molar-refractivity contribution in [2.45, 2.75) is 57.8 Å². The Bertz CT molecular complexity index is 140. The molecule has 3 nitrogen and oxygen atoms in total. The molecule has 0 spiro atoms. The number of aliphatic hydroxyl groups is 1. The van der Waals surface area contributed by atoms with Crippen LogP contribution in [0, 0.1) is 0 Å². The summed E-state index contributed by atoms with van der Waals surface area (Å²) in [4.78, 5) is 10.1. The zero-order valence-electron chi connectivity index (χ0n) is 10.4. The van der Waals surface area contributed by atoms with Crippen molar-refractivity contribution >= 4 is 6.29 Å². The lowest BCUT2D eigenvalue weighted by molar-refractivity contribution is -0.107. The Labute approximate surface area is 99.6 Å². The van der Waals surface area contributed by atoms with Crippen molar-refractivity contribution in [3.63, 3.8) is 0 Å². The van der Waals surface area contributed by atoms with Gasteiger partial charge < -0.3 is 15.2 Å². The molecule has 96 valence electrons. The second-order valence-corrected chi connectivity index (χ2v) is 4.26. The number of hydrogen-bond donors (Lipinski definition) is 2. The molecule has 0 aromatic carbocycles. The molecule has 0 saturated heterocycles. The summed E-state index contributed by atoms with van der Waals surface area (Å²) < 4.78 is 0. The van der Waals surface area contributed by atoms with Crippen LogP contribution in [0.25, 0.3) is 0 Å². The second-order valence-electron chi connectivity index (χ2n) is 4.26. The summed E-state index contributed by atoms with van der Waals surface area (Å²) in [5.41, 5.74) is 0. The predicted octanol–water partition coefficient (Wildman–Crippen LogP) is 2.28. The second kappa shape index (κ2) is 14.6. The molecule has 0 aliphatic rings. The highest BCUT2D eigenvalue weighted by molar-refractivity contribution is 5.48. The number of nitrogens with one attached hydrogen (secondary N) is 1. The standard InChI is InChI=1S/C13H27NO2/c15-12-8-5-3-1-2-4-6-10-14-11-7-9-13-16/h12,14,16H,1-11,13H2. The van der Waals surface area contributed by atoms with E-state index in [0.29, 0.717) is 6.61 Å². The molecular formula is C13H27NO2. The zero-order valence-corrected chi connectivity index (χ0v) is 10.4. The van der Waals surface area contributed by atoms with Crippen molar-refractivity contribution in [1.29, 1.82) is 0 Å². The van der Waals surface area contributed by atoms with E-state index in [1.165, 1.54) is 32.1 Å². The van der Waals surface area contributed by atoms with Gasteiger partial charge in [0.1, 0.15) is 6.29 Å². The van der Waals surface area contributed by atoms with E-state index in [9.17, 15) is 4.79 Å². The van der Waals surface area contributed by atoms with E-state index < -0.39 is 0 Å². The molecule has 0 rings (SSSR count). The van der Waals surface area contributed by atoms with Crippen molar-refractivity contribution in [1.82, 2.24) is 5.32 Å². The van der Waals surface area contributed by atoms with Gasteiger partial charge in [-0.2, -0.15) is 0 Å². The van der Waals surface area contributed by atoms with Crippen LogP contribution >= 0.6 is 0 Å². The van der Waals surface area contributed by atoms with Gasteiger partial charge in [0.15, 0.2) is 0 Å². The van der Waals surface area contributed by atoms with Crippen molar-refractivity contribution in [3.05, 3.63) is 0 Å². The van der Waals surface area contributed by atoms with E-state index in [1.807, 2.05) is 0 Å². The average molecular weight is 229 g/mol. The smallest absolute Gasteiger partial charge is 0.119 e. The Morgan fingerprint density at radius 1 is 0.812 bits per heavy atom. The molecule has 0 amide bonds. The highest BCUT2D eigenvalue weighted by Crippen LogP contribution is 2.05. The fraction of sp³-hybridized carbons (Fsp3) is 0.923. The van der Waals surface area contributed by atoms with E-state index in [0.717, 1.165) is 45.1 Å². The average Bonchev–Trinajstić information content (AvgIpc) is 2.31. The van der Waals surface area contributed by atoms with E-state index in [-0.39, 0.29) is 0 Å². The maximum absolute atomic E-state index is 10.1. The van der Waals surface area contributed by atoms with E-state index in [2.05, 4.69) is 5.32 Å². The van der Waals surface area contributed by atoms with Crippen molar-refractivity contribution in [2.75, 3.05) is 19.7 Å². The minimum atomic E-state index is 0.308. The van der Waals surface area contributed by atoms with E-state index in [4.69, 9.17) is 5.11 Å². The van der Waals surface area contributed by atoms with Gasteiger partial charge in [0.2, 0.25) is 0 Å². The first-order chi connectivity index (χ1) is 7.91. The Balaban J connectivity index is 2.85. The summed E-state index contributed by atoms with van der Waals surface area (Å²) in [5.74, 6) is 0. The maximum Gasteiger partial charge on any atom is 0.119 e. The van der Waals surface area contributed by atoms with Crippen LogP contribution in [-0.2, 0) is 4.79 Å². The molecule has 0 unspecified atom stereocenters. The molecule has 0 aliphatic carbocycles. The lowest BCUT2D eigenvalue weighted by atomic mass is 10.1. The first kappa shape index (κ1) is 15.6. The lowest BCUT2D eigenvalue weighted by Crippen LogP contribution is -2.16. The van der Waals surface area contributed by atoms with Crippen LogP contribution in [0.4, 0.5) is 0 Å². The third kappa shape index (κ3) is 13.6. The van der Waals surface area contributed by atoms with Crippen molar-refractivity contribution in [3.8, 4) is 0 Å². The van der Waals surface area contributed by atoms with Crippen molar-refractivity contribution in [2.24, 2.45) is 0 Å². The van der Waals surface area contributed by atoms with Crippen LogP contribution in [0.2, 0.25) is 0 Å². The van der Waals surface area contributed by atoms with Gasteiger partial charge in [-0.1, -0.05) is 25.7 Å². The molecule has 0 bridgehead atoms. The quantitative estimate of drug-likeness (QED) is 0.376. The lowest BCUT2D eigenvalue weighted by Gasteiger charge is -2.03. The molecule has 0 radical (unpaired) electrons. The van der Waals surface area contributed by atoms with Crippen LogP contribution < -0.4 is 5.32 Å². The number of carbonyl (C=O) groups excluding carboxylic acids is 1. The number of aliphatic hydroxyl groups excluding tert-OH is 1. The van der Waals surface area contributed by atoms with Crippen LogP contribution in [0.3, 0.4) is 0 Å². The van der Waals surface area contributed by atoms with Gasteiger partial charge in [0, 0.05) is 13.0 Å². The summed E-state index contributed by atoms with van der Waals surface area (Å²) in [7, 11) is 0. The first-order valence-corrected chi connectivity index (χ1v) is 6.67. The van der Waals surface area contributed by atoms with Gasteiger partial charge in [-0.25, -0.2) is 0 Å². The number of carbonyl (C=O) groups is 1. The Morgan fingerprint density at radius 2 is 1.38 bits per heavy atom. The fourth-order valence-corrected chi connectivity index (χ4v) is 1.67. The Morgan fingerprint density at radius 3 is 2.00 bits per heavy atom. The number of aldehydes is 1. The molecule has 3 heteroatoms. The first-order valence-electron chi connectivity index (χ1n) is 6.67. The van der Waals surface area contributed by atoms with Gasteiger partial charge >= 0.3 is 0 Å². The summed E-state index contributed by atoms with van der Waals surface area (Å²) in [5, 5.41) is 12.0. The van der Waals surface area contributed by atoms with E-state index in [1.54, 1.807) is 0 Å². The third-order valence-corrected chi connectivity index (χ3v) is 2.69. The Kier molecular flexibility index (Phi) is 14.2. The molecule has 16 heavy (non-hydrogen) atoms. The van der Waals surface area contributed by atoms with Crippen LogP contribution in [0.5, 0.6) is 0 Å². The molecule has 0 atom stereocenters. The van der Waals surface area contributed by atoms with Crippen LogP contribution in [-0.4, -0.2) is 31.1 Å². The van der Waals surface area contributed by atoms with Crippen LogP contribution in [0.1, 0.15) is 57.8 Å². The summed E-state index contributed by atoms with van der Waals surface area (Å²) in [6.45, 7) is 2.43. The highest BCUT2D eigenvalue weighted by Gasteiger charge is 1.92. The highest BCUT2D eigenvalue weighted by atomic mass is 16.2. The van der Waals surface area contributed by atoms with Gasteiger partial charge in [-0.3, -0.25) is 0 Å². The molecule has 0 heterocycles. The molecule has 0 aromatic heterocycles. The normalized spacial score (nSPS) is 10.6. The van der Waals surface area contributed by atoms with Gasteiger partial charge in [0.25, 0.3) is 0 Å². The van der Waals surface area contributed by atoms with Crippen molar-refractivity contribution < 1.29 is 9.90 Å². The number of unbranched alkanes of at least 4 members (excludes halogenated alkanes) is 7. The maximum atomic E-state index is 10.1. The molecule has 2 N–H and O–H groups in total. The zero-order chi connectivity index (χ0) is 11.9. The van der Waals surface area contributed by atoms with Gasteiger partial charge in [-0.05, 0) is 38.8 Å². The van der Waals surface area contributed by atoms with Crippen LogP contribution in [0.15, 0.2) is 0 Å². The summed E-state index contributed by atoms with van der Waals surface area (Å²) >= 11 is 0. The van der Waals surface area contributed by atoms with E-state index >= 15 is 0 Å². The molecule has 0 aliphatic heterocycles. The third-order valence-electron chi connectivity index (χ3n) is 2.69. The Hall–Kier alpha value is -0.410. The minimum absolute atomic E-state index is 0.308. The monoisotopic (exact) mass is 229 g/mol. The fourth-order valence-electron chi connectivity index (χ4n) is 1.67. The molecule has 0 saturated carbocycles. The van der Waals surface area contributed by atoms with Gasteiger partial charge in [-0.15, -0.1) is 0 Å². The number of hydrogen-bond acceptors (Lipinski definition) is 3. The predicted molar refractivity (Wildman–Crippen MR) is 67.6 cm³/mol. The largest absolute Gasteiger partial charge is 0.396 e. The molecular weight excluding hydrogens is 202 g/mol. The molecule has 0 aromatic rings. The SMILES string of the molecule is O=CCCCCCCCCNCCCCO. The topological polar surface area (TPSA) is 49.3 Å². The number of rotatable bonds is 13. The molecule has 0 fully saturated rings. The summed E-state index contributed by atoms with van der Waals surface area (Å²) in [6.07, 6.45) is 11.1. The van der Waals surface area contributed by atoms with Gasteiger partial charge in [0.05, 0.1) is 0 Å². The minimum Gasteiger partial charge on any atom is -0.396 e. The summed E-state index contributed by atoms with van der Waals surface area (Å²) in [6, 6.07) is 0.